The van der Waals surface area contributed by atoms with E-state index in [9.17, 15) is 9.59 Å². The Labute approximate surface area is 120 Å². The van der Waals surface area contributed by atoms with E-state index in [-0.39, 0.29) is 11.8 Å². The largest absolute Gasteiger partial charge is 0.467 e. The van der Waals surface area contributed by atoms with Crippen molar-refractivity contribution in [3.8, 4) is 0 Å². The first-order valence-electron chi connectivity index (χ1n) is 5.98. The van der Waals surface area contributed by atoms with E-state index < -0.39 is 12.0 Å². The van der Waals surface area contributed by atoms with Crippen LogP contribution in [0.5, 0.6) is 0 Å². The van der Waals surface area contributed by atoms with Crippen LogP contribution in [-0.2, 0) is 9.53 Å². The molecule has 0 saturated heterocycles. The average molecular weight is 329 g/mol. The molecule has 1 aromatic heterocycles. The quantitative estimate of drug-likeness (QED) is 0.841. The molecule has 0 saturated carbocycles. The van der Waals surface area contributed by atoms with Gasteiger partial charge in [-0.2, -0.15) is 0 Å². The summed E-state index contributed by atoms with van der Waals surface area (Å²) in [7, 11) is 1.31. The van der Waals surface area contributed by atoms with Crippen LogP contribution >= 0.6 is 15.9 Å². The number of halogens is 1. The van der Waals surface area contributed by atoms with Crippen LogP contribution in [0.15, 0.2) is 22.9 Å². The number of nitrogens with zero attached hydrogens (tertiary/aromatic N) is 1. The maximum Gasteiger partial charge on any atom is 0.328 e. The van der Waals surface area contributed by atoms with Crippen molar-refractivity contribution in [2.45, 2.75) is 26.3 Å². The van der Waals surface area contributed by atoms with Gasteiger partial charge in [0.15, 0.2) is 0 Å². The van der Waals surface area contributed by atoms with Crippen LogP contribution < -0.4 is 5.32 Å². The molecule has 19 heavy (non-hydrogen) atoms. The standard InChI is InChI=1S/C13H17BrN2O3/c1-4-8(2)11(13(18)19-3)16-12(17)9-5-10(14)7-15-6-9/h5-8,11H,4H2,1-3H3,(H,16,17)/t8-,11-/m0/s1. The van der Waals surface area contributed by atoms with Crippen LogP contribution in [0.4, 0.5) is 0 Å². The molecule has 0 fully saturated rings. The molecule has 0 aliphatic rings. The van der Waals surface area contributed by atoms with Gasteiger partial charge in [0.2, 0.25) is 0 Å². The first-order chi connectivity index (χ1) is 8.99. The van der Waals surface area contributed by atoms with Gasteiger partial charge in [-0.3, -0.25) is 9.78 Å². The molecule has 0 aliphatic carbocycles. The van der Waals surface area contributed by atoms with Gasteiger partial charge >= 0.3 is 5.97 Å². The van der Waals surface area contributed by atoms with Gasteiger partial charge in [-0.25, -0.2) is 4.79 Å². The zero-order chi connectivity index (χ0) is 14.4. The molecule has 0 aliphatic heterocycles. The van der Waals surface area contributed by atoms with E-state index in [2.05, 4.69) is 26.2 Å². The number of carbonyl (C=O) groups excluding carboxylic acids is 2. The van der Waals surface area contributed by atoms with Crippen LogP contribution in [0.1, 0.15) is 30.6 Å². The Morgan fingerprint density at radius 3 is 2.68 bits per heavy atom. The van der Waals surface area contributed by atoms with Gasteiger partial charge in [0.1, 0.15) is 6.04 Å². The lowest BCUT2D eigenvalue weighted by Crippen LogP contribution is -2.45. The summed E-state index contributed by atoms with van der Waals surface area (Å²) in [5.41, 5.74) is 0.395. The number of amides is 1. The lowest BCUT2D eigenvalue weighted by Gasteiger charge is -2.21. The van der Waals surface area contributed by atoms with Crippen LogP contribution in [-0.4, -0.2) is 30.0 Å². The molecule has 0 bridgehead atoms. The number of nitrogens with one attached hydrogen (secondary N) is 1. The monoisotopic (exact) mass is 328 g/mol. The fourth-order valence-electron chi connectivity index (χ4n) is 1.56. The molecule has 1 heterocycles. The Bertz CT molecular complexity index is 465. The minimum atomic E-state index is -0.651. The van der Waals surface area contributed by atoms with E-state index in [1.165, 1.54) is 13.3 Å². The third-order valence-electron chi connectivity index (χ3n) is 2.92. The third-order valence-corrected chi connectivity index (χ3v) is 3.36. The number of rotatable bonds is 5. The van der Waals surface area contributed by atoms with E-state index >= 15 is 0 Å². The first-order valence-corrected chi connectivity index (χ1v) is 6.78. The Morgan fingerprint density at radius 1 is 1.47 bits per heavy atom. The zero-order valence-electron chi connectivity index (χ0n) is 11.1. The Hall–Kier alpha value is -1.43. The van der Waals surface area contributed by atoms with Crippen molar-refractivity contribution < 1.29 is 14.3 Å². The predicted molar refractivity (Wildman–Crippen MR) is 74.7 cm³/mol. The molecule has 0 spiro atoms. The van der Waals surface area contributed by atoms with Crippen LogP contribution in [0.3, 0.4) is 0 Å². The predicted octanol–water partition coefficient (Wildman–Crippen LogP) is 2.16. The van der Waals surface area contributed by atoms with Crippen LogP contribution in [0.2, 0.25) is 0 Å². The number of hydrogen-bond donors (Lipinski definition) is 1. The maximum atomic E-state index is 12.1. The lowest BCUT2D eigenvalue weighted by molar-refractivity contribution is -0.144. The molecule has 104 valence electrons. The van der Waals surface area contributed by atoms with Gasteiger partial charge in [0.25, 0.3) is 5.91 Å². The highest BCUT2D eigenvalue weighted by Crippen LogP contribution is 2.12. The molecule has 0 unspecified atom stereocenters. The number of carbonyl (C=O) groups is 2. The van der Waals surface area contributed by atoms with E-state index in [4.69, 9.17) is 4.74 Å². The van der Waals surface area contributed by atoms with Crippen molar-refractivity contribution in [3.63, 3.8) is 0 Å². The first kappa shape index (κ1) is 15.6. The van der Waals surface area contributed by atoms with Crippen molar-refractivity contribution in [2.24, 2.45) is 5.92 Å². The van der Waals surface area contributed by atoms with Crippen molar-refractivity contribution in [1.82, 2.24) is 10.3 Å². The number of pyridine rings is 1. The average Bonchev–Trinajstić information content (AvgIpc) is 2.42. The topological polar surface area (TPSA) is 68.3 Å². The second-order valence-corrected chi connectivity index (χ2v) is 5.17. The third kappa shape index (κ3) is 4.31. The van der Waals surface area contributed by atoms with Gasteiger partial charge in [-0.15, -0.1) is 0 Å². The SMILES string of the molecule is CC[C@H](C)[C@H](NC(=O)c1cncc(Br)c1)C(=O)OC. The molecular formula is C13H17BrN2O3. The number of hydrogen-bond acceptors (Lipinski definition) is 4. The van der Waals surface area contributed by atoms with Crippen LogP contribution in [0, 0.1) is 5.92 Å². The molecule has 1 aromatic rings. The maximum absolute atomic E-state index is 12.1. The lowest BCUT2D eigenvalue weighted by atomic mass is 9.99. The Morgan fingerprint density at radius 2 is 2.16 bits per heavy atom. The number of aromatic nitrogens is 1. The van der Waals surface area contributed by atoms with Gasteiger partial charge in [0.05, 0.1) is 12.7 Å². The minimum Gasteiger partial charge on any atom is -0.467 e. The number of methoxy groups -OCH3 is 1. The normalized spacial score (nSPS) is 13.5. The molecule has 6 heteroatoms. The summed E-state index contributed by atoms with van der Waals surface area (Å²) in [5, 5.41) is 2.69. The van der Waals surface area contributed by atoms with Gasteiger partial charge in [-0.1, -0.05) is 20.3 Å². The van der Waals surface area contributed by atoms with Crippen molar-refractivity contribution >= 4 is 27.8 Å². The summed E-state index contributed by atoms with van der Waals surface area (Å²) >= 11 is 3.25. The molecule has 0 aromatic carbocycles. The molecule has 1 rings (SSSR count). The molecule has 5 nitrogen and oxygen atoms in total. The second-order valence-electron chi connectivity index (χ2n) is 4.25. The Kier molecular flexibility index (Phi) is 5.95. The molecule has 2 atom stereocenters. The van der Waals surface area contributed by atoms with Gasteiger partial charge < -0.3 is 10.1 Å². The fourth-order valence-corrected chi connectivity index (χ4v) is 1.92. The summed E-state index contributed by atoms with van der Waals surface area (Å²) in [6.45, 7) is 3.84. The van der Waals surface area contributed by atoms with E-state index in [0.717, 1.165) is 6.42 Å². The summed E-state index contributed by atoms with van der Waals surface area (Å²) in [6, 6.07) is 0.995. The summed E-state index contributed by atoms with van der Waals surface area (Å²) in [6.07, 6.45) is 3.80. The van der Waals surface area contributed by atoms with E-state index in [1.54, 1.807) is 12.3 Å². The van der Waals surface area contributed by atoms with E-state index in [1.807, 2.05) is 13.8 Å². The number of esters is 1. The van der Waals surface area contributed by atoms with Crippen molar-refractivity contribution in [3.05, 3.63) is 28.5 Å². The fraction of sp³-hybridized carbons (Fsp3) is 0.462. The summed E-state index contributed by atoms with van der Waals surface area (Å²) in [4.78, 5) is 27.7. The Balaban J connectivity index is 2.84. The zero-order valence-corrected chi connectivity index (χ0v) is 12.7. The smallest absolute Gasteiger partial charge is 0.328 e. The molecule has 1 amide bonds. The van der Waals surface area contributed by atoms with Crippen molar-refractivity contribution in [2.75, 3.05) is 7.11 Å². The molecular weight excluding hydrogens is 312 g/mol. The molecule has 0 radical (unpaired) electrons. The van der Waals surface area contributed by atoms with E-state index in [0.29, 0.717) is 10.0 Å². The minimum absolute atomic E-state index is 0.00323. The highest BCUT2D eigenvalue weighted by molar-refractivity contribution is 9.10. The van der Waals surface area contributed by atoms with Gasteiger partial charge in [-0.05, 0) is 27.9 Å². The van der Waals surface area contributed by atoms with Crippen molar-refractivity contribution in [1.29, 1.82) is 0 Å². The summed E-state index contributed by atoms with van der Waals surface area (Å²) in [5.74, 6) is -0.785. The molecule has 1 N–H and O–H groups in total. The van der Waals surface area contributed by atoms with Crippen LogP contribution in [0.25, 0.3) is 0 Å². The highest BCUT2D eigenvalue weighted by atomic mass is 79.9. The highest BCUT2D eigenvalue weighted by Gasteiger charge is 2.27. The summed E-state index contributed by atoms with van der Waals surface area (Å²) < 4.78 is 5.42. The second kappa shape index (κ2) is 7.23. The number of ether oxygens (including phenoxy) is 1. The van der Waals surface area contributed by atoms with Gasteiger partial charge in [0, 0.05) is 16.9 Å².